The minimum absolute atomic E-state index is 0.217. The van der Waals surface area contributed by atoms with Crippen molar-refractivity contribution in [3.05, 3.63) is 35.8 Å². The number of aliphatic hydroxyl groups excluding tert-OH is 1. The van der Waals surface area contributed by atoms with E-state index in [9.17, 15) is 5.11 Å². The zero-order valence-electron chi connectivity index (χ0n) is 11.6. The Labute approximate surface area is 117 Å². The number of imidazole rings is 1. The van der Waals surface area contributed by atoms with E-state index in [0.29, 0.717) is 23.8 Å². The quantitative estimate of drug-likeness (QED) is 0.802. The van der Waals surface area contributed by atoms with Crippen LogP contribution in [-0.2, 0) is 0 Å². The first-order valence-electron chi connectivity index (χ1n) is 6.84. The minimum Gasteiger partial charge on any atom is -0.510 e. The third kappa shape index (κ3) is 1.86. The Balaban J connectivity index is 2.01. The Kier molecular flexibility index (Phi) is 2.97. The van der Waals surface area contributed by atoms with E-state index >= 15 is 0 Å². The maximum atomic E-state index is 10.2. The number of fused-ring (bicyclic) bond motifs is 1. The van der Waals surface area contributed by atoms with Crippen molar-refractivity contribution in [2.45, 2.75) is 26.3 Å². The van der Waals surface area contributed by atoms with Gasteiger partial charge in [0.15, 0.2) is 0 Å². The monoisotopic (exact) mass is 270 g/mol. The van der Waals surface area contributed by atoms with E-state index in [-0.39, 0.29) is 11.8 Å². The van der Waals surface area contributed by atoms with E-state index in [4.69, 9.17) is 5.41 Å². The summed E-state index contributed by atoms with van der Waals surface area (Å²) in [6.45, 7) is 4.53. The van der Waals surface area contributed by atoms with Crippen LogP contribution in [0.25, 0.3) is 16.6 Å². The molecule has 1 aromatic carbocycles. The van der Waals surface area contributed by atoms with Gasteiger partial charge in [0.2, 0.25) is 0 Å². The Bertz CT molecular complexity index is 668. The van der Waals surface area contributed by atoms with Crippen molar-refractivity contribution < 1.29 is 5.11 Å². The van der Waals surface area contributed by atoms with E-state index in [1.165, 1.54) is 0 Å². The number of amidine groups is 1. The van der Waals surface area contributed by atoms with Crippen LogP contribution in [0.2, 0.25) is 0 Å². The first-order chi connectivity index (χ1) is 9.61. The van der Waals surface area contributed by atoms with Crippen LogP contribution in [0.3, 0.4) is 0 Å². The van der Waals surface area contributed by atoms with Gasteiger partial charge in [-0.05, 0) is 25.5 Å². The maximum absolute atomic E-state index is 10.2. The summed E-state index contributed by atoms with van der Waals surface area (Å²) in [4.78, 5) is 9.55. The lowest BCUT2D eigenvalue weighted by molar-refractivity contribution is 0.301. The molecule has 1 aromatic heterocycles. The molecule has 2 heterocycles. The van der Waals surface area contributed by atoms with Crippen LogP contribution in [0.4, 0.5) is 0 Å². The summed E-state index contributed by atoms with van der Waals surface area (Å²) in [6, 6.07) is 7.94. The van der Waals surface area contributed by atoms with Crippen molar-refractivity contribution >= 4 is 22.4 Å². The SMILES string of the molecule is CC[C@@H](C)N1CC(O)=C(c2nc3ccccc3[nH]2)C1=N. The predicted octanol–water partition coefficient (Wildman–Crippen LogP) is 2.92. The number of benzene rings is 1. The van der Waals surface area contributed by atoms with Gasteiger partial charge in [-0.15, -0.1) is 0 Å². The number of aliphatic hydroxyl groups is 1. The van der Waals surface area contributed by atoms with E-state index in [2.05, 4.69) is 23.8 Å². The van der Waals surface area contributed by atoms with Gasteiger partial charge in [0.25, 0.3) is 0 Å². The summed E-state index contributed by atoms with van der Waals surface area (Å²) in [5.74, 6) is 1.13. The van der Waals surface area contributed by atoms with Crippen molar-refractivity contribution in [3.63, 3.8) is 0 Å². The molecule has 5 heteroatoms. The fourth-order valence-electron chi connectivity index (χ4n) is 2.52. The number of hydrogen-bond donors (Lipinski definition) is 3. The first kappa shape index (κ1) is 12.7. The Morgan fingerprint density at radius 2 is 2.20 bits per heavy atom. The van der Waals surface area contributed by atoms with Gasteiger partial charge < -0.3 is 15.0 Å². The fraction of sp³-hybridized carbons (Fsp3) is 0.333. The van der Waals surface area contributed by atoms with Gasteiger partial charge in [-0.25, -0.2) is 4.98 Å². The molecule has 0 aliphatic carbocycles. The smallest absolute Gasteiger partial charge is 0.145 e. The zero-order valence-corrected chi connectivity index (χ0v) is 11.6. The van der Waals surface area contributed by atoms with Crippen LogP contribution in [0.5, 0.6) is 0 Å². The van der Waals surface area contributed by atoms with Crippen molar-refractivity contribution in [1.29, 1.82) is 5.41 Å². The molecule has 3 N–H and O–H groups in total. The Hall–Kier alpha value is -2.30. The topological polar surface area (TPSA) is 76.0 Å². The second-order valence-corrected chi connectivity index (χ2v) is 5.16. The number of nitrogens with zero attached hydrogens (tertiary/aromatic N) is 2. The van der Waals surface area contributed by atoms with E-state index < -0.39 is 0 Å². The van der Waals surface area contributed by atoms with E-state index in [0.717, 1.165) is 17.5 Å². The molecular weight excluding hydrogens is 252 g/mol. The number of rotatable bonds is 3. The summed E-state index contributed by atoms with van der Waals surface area (Å²) in [7, 11) is 0. The lowest BCUT2D eigenvalue weighted by Gasteiger charge is -2.25. The molecule has 0 saturated carbocycles. The molecule has 20 heavy (non-hydrogen) atoms. The second-order valence-electron chi connectivity index (χ2n) is 5.16. The molecule has 0 spiro atoms. The van der Waals surface area contributed by atoms with Gasteiger partial charge in [-0.3, -0.25) is 5.41 Å². The van der Waals surface area contributed by atoms with Crippen LogP contribution in [0.15, 0.2) is 30.0 Å². The van der Waals surface area contributed by atoms with Crippen molar-refractivity contribution in [3.8, 4) is 0 Å². The Morgan fingerprint density at radius 3 is 2.90 bits per heavy atom. The molecule has 1 aliphatic rings. The van der Waals surface area contributed by atoms with Crippen molar-refractivity contribution in [2.24, 2.45) is 0 Å². The van der Waals surface area contributed by atoms with Gasteiger partial charge >= 0.3 is 0 Å². The highest BCUT2D eigenvalue weighted by molar-refractivity contribution is 6.23. The van der Waals surface area contributed by atoms with Gasteiger partial charge in [0.05, 0.1) is 23.2 Å². The summed E-state index contributed by atoms with van der Waals surface area (Å²) < 4.78 is 0. The standard InChI is InChI=1S/C15H18N4O/c1-3-9(2)19-8-12(20)13(14(19)16)15-17-10-6-4-5-7-11(10)18-15/h4-7,9,16,20H,3,8H2,1-2H3,(H,17,18)/t9-/m1/s1. The normalized spacial score (nSPS) is 17.3. The molecule has 104 valence electrons. The number of para-hydroxylation sites is 2. The Morgan fingerprint density at radius 1 is 1.45 bits per heavy atom. The third-order valence-corrected chi connectivity index (χ3v) is 3.88. The molecule has 0 unspecified atom stereocenters. The highest BCUT2D eigenvalue weighted by atomic mass is 16.3. The molecule has 0 radical (unpaired) electrons. The molecule has 2 aromatic rings. The average molecular weight is 270 g/mol. The maximum Gasteiger partial charge on any atom is 0.145 e. The van der Waals surface area contributed by atoms with Crippen LogP contribution in [-0.4, -0.2) is 38.4 Å². The number of H-pyrrole nitrogens is 1. The molecule has 5 nitrogen and oxygen atoms in total. The molecule has 0 fully saturated rings. The van der Waals surface area contributed by atoms with Gasteiger partial charge in [0, 0.05) is 6.04 Å². The highest BCUT2D eigenvalue weighted by Gasteiger charge is 2.32. The van der Waals surface area contributed by atoms with Crippen LogP contribution >= 0.6 is 0 Å². The van der Waals surface area contributed by atoms with Crippen molar-refractivity contribution in [1.82, 2.24) is 14.9 Å². The fourth-order valence-corrected chi connectivity index (χ4v) is 2.52. The molecule has 3 rings (SSSR count). The first-order valence-corrected chi connectivity index (χ1v) is 6.84. The molecule has 0 saturated heterocycles. The summed E-state index contributed by atoms with van der Waals surface area (Å²) in [5, 5.41) is 18.5. The lowest BCUT2D eigenvalue weighted by Crippen LogP contribution is -2.34. The van der Waals surface area contributed by atoms with Gasteiger partial charge in [-0.1, -0.05) is 19.1 Å². The van der Waals surface area contributed by atoms with E-state index in [1.807, 2.05) is 29.2 Å². The number of hydrogen-bond acceptors (Lipinski definition) is 3. The largest absolute Gasteiger partial charge is 0.510 e. The number of nitrogens with one attached hydrogen (secondary N) is 2. The van der Waals surface area contributed by atoms with Crippen LogP contribution in [0, 0.1) is 5.41 Å². The second kappa shape index (κ2) is 4.67. The van der Waals surface area contributed by atoms with Gasteiger partial charge in [0.1, 0.15) is 17.4 Å². The summed E-state index contributed by atoms with van der Waals surface area (Å²) in [5.41, 5.74) is 2.27. The van der Waals surface area contributed by atoms with Crippen LogP contribution < -0.4 is 0 Å². The summed E-state index contributed by atoms with van der Waals surface area (Å²) >= 11 is 0. The molecule has 1 atom stereocenters. The van der Waals surface area contributed by atoms with Crippen molar-refractivity contribution in [2.75, 3.05) is 6.54 Å². The highest BCUT2D eigenvalue weighted by Crippen LogP contribution is 2.28. The van der Waals surface area contributed by atoms with Crippen LogP contribution in [0.1, 0.15) is 26.1 Å². The molecule has 1 aliphatic heterocycles. The molecule has 0 amide bonds. The molecular formula is C15H18N4O. The minimum atomic E-state index is 0.217. The summed E-state index contributed by atoms with van der Waals surface area (Å²) in [6.07, 6.45) is 0.934. The van der Waals surface area contributed by atoms with E-state index in [1.54, 1.807) is 0 Å². The third-order valence-electron chi connectivity index (χ3n) is 3.88. The lowest BCUT2D eigenvalue weighted by atomic mass is 10.2. The van der Waals surface area contributed by atoms with Gasteiger partial charge in [-0.2, -0.15) is 0 Å². The zero-order chi connectivity index (χ0) is 14.3. The number of aromatic amines is 1. The predicted molar refractivity (Wildman–Crippen MR) is 79.8 cm³/mol. The molecule has 0 bridgehead atoms. The number of aromatic nitrogens is 2. The average Bonchev–Trinajstić information content (AvgIpc) is 2.98.